The minimum Gasteiger partial charge on any atom is -0.478 e. The molecule has 0 bridgehead atoms. The van der Waals surface area contributed by atoms with Crippen LogP contribution in [0.4, 0.5) is 10.2 Å². The van der Waals surface area contributed by atoms with Gasteiger partial charge in [-0.05, 0) is 44.2 Å². The second-order valence-electron chi connectivity index (χ2n) is 5.98. The van der Waals surface area contributed by atoms with Crippen molar-refractivity contribution in [3.8, 4) is 11.3 Å². The molecule has 0 aliphatic carbocycles. The average Bonchev–Trinajstić information content (AvgIpc) is 2.60. The number of nitrogens with zero attached hydrogens (tertiary/aromatic N) is 4. The van der Waals surface area contributed by atoms with Crippen LogP contribution in [0, 0.1) is 5.95 Å². The number of pyridine rings is 1. The van der Waals surface area contributed by atoms with Crippen LogP contribution >= 0.6 is 0 Å². The van der Waals surface area contributed by atoms with E-state index in [4.69, 9.17) is 5.11 Å². The van der Waals surface area contributed by atoms with E-state index in [1.54, 1.807) is 12.1 Å². The predicted octanol–water partition coefficient (Wildman–Crippen LogP) is 3.37. The molecule has 25 heavy (non-hydrogen) atoms. The van der Waals surface area contributed by atoms with E-state index in [9.17, 15) is 9.18 Å². The maximum atomic E-state index is 13.1. The van der Waals surface area contributed by atoms with Crippen molar-refractivity contribution in [2.75, 3.05) is 11.9 Å². The van der Waals surface area contributed by atoms with Gasteiger partial charge in [0.2, 0.25) is 5.95 Å². The molecule has 0 saturated heterocycles. The summed E-state index contributed by atoms with van der Waals surface area (Å²) in [6.45, 7) is 4.01. The Hall–Kier alpha value is -3.09. The third-order valence-electron chi connectivity index (χ3n) is 4.00. The smallest absolute Gasteiger partial charge is 0.335 e. The zero-order chi connectivity index (χ0) is 18.1. The number of benzene rings is 1. The summed E-state index contributed by atoms with van der Waals surface area (Å²) in [5.74, 6) is -1.00. The van der Waals surface area contributed by atoms with Crippen molar-refractivity contribution >= 4 is 22.8 Å². The van der Waals surface area contributed by atoms with E-state index in [1.807, 2.05) is 25.8 Å². The first-order valence-corrected chi connectivity index (χ1v) is 7.76. The van der Waals surface area contributed by atoms with Gasteiger partial charge in [0.1, 0.15) is 5.69 Å². The number of rotatable bonds is 4. The Morgan fingerprint density at radius 1 is 1.16 bits per heavy atom. The second kappa shape index (κ2) is 6.43. The van der Waals surface area contributed by atoms with Crippen molar-refractivity contribution in [3.63, 3.8) is 0 Å². The molecule has 0 aliphatic heterocycles. The molecule has 1 aromatic carbocycles. The SMILES string of the molecule is CC(C)N(C)c1nc2cc(C(=O)O)ccc2nc1-c1ccc(F)nc1. The molecule has 2 aromatic heterocycles. The molecule has 6 nitrogen and oxygen atoms in total. The number of fused-ring (bicyclic) bond motifs is 1. The Balaban J connectivity index is 2.26. The third kappa shape index (κ3) is 3.26. The first kappa shape index (κ1) is 16.8. The Bertz CT molecular complexity index is 942. The van der Waals surface area contributed by atoms with Crippen LogP contribution < -0.4 is 4.90 Å². The molecule has 2 heterocycles. The van der Waals surface area contributed by atoms with Gasteiger partial charge in [-0.25, -0.2) is 19.7 Å². The largest absolute Gasteiger partial charge is 0.478 e. The standard InChI is InChI=1S/C18H17FN4O2/c1-10(2)23(3)17-16(12-5-7-15(19)20-9-12)21-13-6-4-11(18(24)25)8-14(13)22-17/h4-10H,1-3H3,(H,24,25). The van der Waals surface area contributed by atoms with E-state index in [2.05, 4.69) is 15.0 Å². The van der Waals surface area contributed by atoms with Crippen LogP contribution in [-0.4, -0.2) is 39.1 Å². The molecular weight excluding hydrogens is 323 g/mol. The summed E-state index contributed by atoms with van der Waals surface area (Å²) in [6.07, 6.45) is 1.41. The summed E-state index contributed by atoms with van der Waals surface area (Å²) >= 11 is 0. The molecule has 0 unspecified atom stereocenters. The van der Waals surface area contributed by atoms with Crippen molar-refractivity contribution in [1.29, 1.82) is 0 Å². The summed E-state index contributed by atoms with van der Waals surface area (Å²) in [5.41, 5.74) is 2.41. The number of halogens is 1. The monoisotopic (exact) mass is 340 g/mol. The summed E-state index contributed by atoms with van der Waals surface area (Å²) < 4.78 is 13.1. The summed E-state index contributed by atoms with van der Waals surface area (Å²) in [7, 11) is 1.88. The maximum Gasteiger partial charge on any atom is 0.335 e. The fourth-order valence-electron chi connectivity index (χ4n) is 2.38. The number of anilines is 1. The Kier molecular flexibility index (Phi) is 4.31. The molecule has 1 N–H and O–H groups in total. The van der Waals surface area contributed by atoms with Crippen molar-refractivity contribution < 1.29 is 14.3 Å². The molecule has 0 saturated carbocycles. The normalized spacial score (nSPS) is 11.1. The molecule has 0 amide bonds. The quantitative estimate of drug-likeness (QED) is 0.734. The van der Waals surface area contributed by atoms with Crippen molar-refractivity contribution in [1.82, 2.24) is 15.0 Å². The Morgan fingerprint density at radius 2 is 1.92 bits per heavy atom. The fourth-order valence-corrected chi connectivity index (χ4v) is 2.38. The summed E-state index contributed by atoms with van der Waals surface area (Å²) in [4.78, 5) is 26.0. The Labute approximate surface area is 144 Å². The maximum absolute atomic E-state index is 13.1. The lowest BCUT2D eigenvalue weighted by Crippen LogP contribution is -2.27. The topological polar surface area (TPSA) is 79.2 Å². The number of aromatic carboxylic acids is 1. The van der Waals surface area contributed by atoms with Crippen LogP contribution in [0.1, 0.15) is 24.2 Å². The van der Waals surface area contributed by atoms with Gasteiger partial charge in [0.05, 0.1) is 16.6 Å². The highest BCUT2D eigenvalue weighted by Gasteiger charge is 2.18. The number of hydrogen-bond acceptors (Lipinski definition) is 5. The van der Waals surface area contributed by atoms with Crippen LogP contribution in [0.3, 0.4) is 0 Å². The highest BCUT2D eigenvalue weighted by atomic mass is 19.1. The van der Waals surface area contributed by atoms with Gasteiger partial charge in [-0.3, -0.25) is 0 Å². The van der Waals surface area contributed by atoms with Gasteiger partial charge in [0.15, 0.2) is 5.82 Å². The minimum atomic E-state index is -1.02. The van der Waals surface area contributed by atoms with Crippen LogP contribution in [0.15, 0.2) is 36.5 Å². The van der Waals surface area contributed by atoms with E-state index in [0.717, 1.165) is 0 Å². The number of carbonyl (C=O) groups is 1. The lowest BCUT2D eigenvalue weighted by Gasteiger charge is -2.25. The number of aromatic nitrogens is 3. The van der Waals surface area contributed by atoms with Crippen LogP contribution in [0.2, 0.25) is 0 Å². The zero-order valence-corrected chi connectivity index (χ0v) is 14.1. The number of carboxylic acids is 1. The van der Waals surface area contributed by atoms with Gasteiger partial charge < -0.3 is 10.0 Å². The molecule has 0 fully saturated rings. The van der Waals surface area contributed by atoms with E-state index in [0.29, 0.717) is 28.1 Å². The van der Waals surface area contributed by atoms with Gasteiger partial charge in [-0.1, -0.05) is 0 Å². The predicted molar refractivity (Wildman–Crippen MR) is 93.2 cm³/mol. The van der Waals surface area contributed by atoms with Crippen molar-refractivity contribution in [3.05, 3.63) is 48.0 Å². The molecular formula is C18H17FN4O2. The zero-order valence-electron chi connectivity index (χ0n) is 14.1. The van der Waals surface area contributed by atoms with Gasteiger partial charge in [0.25, 0.3) is 0 Å². The lowest BCUT2D eigenvalue weighted by molar-refractivity contribution is 0.0697. The minimum absolute atomic E-state index is 0.140. The molecule has 0 atom stereocenters. The van der Waals surface area contributed by atoms with Gasteiger partial charge in [0, 0.05) is 24.8 Å². The van der Waals surface area contributed by atoms with E-state index in [-0.39, 0.29) is 11.6 Å². The highest BCUT2D eigenvalue weighted by molar-refractivity contribution is 5.93. The van der Waals surface area contributed by atoms with Crippen LogP contribution in [0.5, 0.6) is 0 Å². The molecule has 3 aromatic rings. The fraction of sp³-hybridized carbons (Fsp3) is 0.222. The summed E-state index contributed by atoms with van der Waals surface area (Å²) in [6, 6.07) is 7.61. The van der Waals surface area contributed by atoms with Gasteiger partial charge >= 0.3 is 5.97 Å². The van der Waals surface area contributed by atoms with Crippen molar-refractivity contribution in [2.24, 2.45) is 0 Å². The van der Waals surface area contributed by atoms with Crippen LogP contribution in [-0.2, 0) is 0 Å². The molecule has 0 radical (unpaired) electrons. The first-order chi connectivity index (χ1) is 11.9. The third-order valence-corrected chi connectivity index (χ3v) is 4.00. The van der Waals surface area contributed by atoms with E-state index >= 15 is 0 Å². The molecule has 7 heteroatoms. The summed E-state index contributed by atoms with van der Waals surface area (Å²) in [5, 5.41) is 9.17. The van der Waals surface area contributed by atoms with E-state index in [1.165, 1.54) is 24.4 Å². The molecule has 3 rings (SSSR count). The van der Waals surface area contributed by atoms with Crippen LogP contribution in [0.25, 0.3) is 22.3 Å². The number of hydrogen-bond donors (Lipinski definition) is 1. The first-order valence-electron chi connectivity index (χ1n) is 7.76. The highest BCUT2D eigenvalue weighted by Crippen LogP contribution is 2.30. The Morgan fingerprint density at radius 3 is 2.52 bits per heavy atom. The van der Waals surface area contributed by atoms with Gasteiger partial charge in [-0.15, -0.1) is 0 Å². The lowest BCUT2D eigenvalue weighted by atomic mass is 10.1. The van der Waals surface area contributed by atoms with E-state index < -0.39 is 11.9 Å². The molecule has 0 spiro atoms. The van der Waals surface area contributed by atoms with Crippen molar-refractivity contribution in [2.45, 2.75) is 19.9 Å². The molecule has 128 valence electrons. The van der Waals surface area contributed by atoms with Gasteiger partial charge in [-0.2, -0.15) is 4.39 Å². The average molecular weight is 340 g/mol. The second-order valence-corrected chi connectivity index (χ2v) is 5.98. The number of carboxylic acid groups (broad SMARTS) is 1. The molecule has 0 aliphatic rings.